The number of hydrogen-bond acceptors (Lipinski definition) is 0. The van der Waals surface area contributed by atoms with Crippen LogP contribution in [-0.2, 0) is 6.42 Å². The second-order valence-electron chi connectivity index (χ2n) is 5.57. The highest BCUT2D eigenvalue weighted by atomic mass is 13.9. The zero-order valence-electron chi connectivity index (χ0n) is 15.0. The van der Waals surface area contributed by atoms with Gasteiger partial charge >= 0.3 is 0 Å². The first-order valence-corrected chi connectivity index (χ1v) is 8.40. The fraction of sp³-hybridized carbons (Fsp3) is 0.200. The van der Waals surface area contributed by atoms with E-state index in [1.807, 2.05) is 49.4 Å². The molecule has 0 heterocycles. The van der Waals surface area contributed by atoms with Crippen molar-refractivity contribution < 1.29 is 0 Å². The zero-order valence-corrected chi connectivity index (χ0v) is 15.0. The van der Waals surface area contributed by atoms with E-state index in [0.717, 1.165) is 6.42 Å². The largest absolute Gasteiger partial charge is 0.0913 e. The third-order valence-electron chi connectivity index (χ3n) is 3.31. The van der Waals surface area contributed by atoms with Gasteiger partial charge < -0.3 is 0 Å². The number of hydrogen-bond donors (Lipinski definition) is 0. The van der Waals surface area contributed by atoms with Crippen LogP contribution in [0.4, 0.5) is 0 Å². The number of rotatable bonds is 2. The van der Waals surface area contributed by atoms with Crippen molar-refractivity contribution in [2.75, 3.05) is 0 Å². The summed E-state index contributed by atoms with van der Waals surface area (Å²) in [5, 5.41) is 0. The van der Waals surface area contributed by atoms with Crippen LogP contribution < -0.4 is 0 Å². The predicted molar refractivity (Wildman–Crippen MR) is 114 cm³/mol. The molecule has 0 amide bonds. The molecular formula is C25H32. The van der Waals surface area contributed by atoms with Gasteiger partial charge in [-0.1, -0.05) is 122 Å². The summed E-state index contributed by atoms with van der Waals surface area (Å²) in [7, 11) is 0. The molecule has 0 saturated heterocycles. The minimum absolute atomic E-state index is 0. The van der Waals surface area contributed by atoms with E-state index in [1.165, 1.54) is 16.7 Å². The summed E-state index contributed by atoms with van der Waals surface area (Å²) in [6.07, 6.45) is 5.29. The first-order valence-electron chi connectivity index (χ1n) is 8.40. The van der Waals surface area contributed by atoms with E-state index in [1.54, 1.807) is 0 Å². The van der Waals surface area contributed by atoms with Crippen LogP contribution >= 0.6 is 0 Å². The maximum atomic E-state index is 2.16. The summed E-state index contributed by atoms with van der Waals surface area (Å²) in [5.74, 6) is 0. The highest BCUT2D eigenvalue weighted by Crippen LogP contribution is 1.99. The average molecular weight is 333 g/mol. The number of aryl methyl sites for hydroxylation is 2. The van der Waals surface area contributed by atoms with E-state index in [-0.39, 0.29) is 7.43 Å². The smallest absolute Gasteiger partial charge is 0.00976 e. The zero-order chi connectivity index (χ0) is 17.5. The summed E-state index contributed by atoms with van der Waals surface area (Å²) in [6.45, 7) is 6.21. The van der Waals surface area contributed by atoms with Gasteiger partial charge in [-0.2, -0.15) is 0 Å². The van der Waals surface area contributed by atoms with Crippen molar-refractivity contribution in [1.29, 1.82) is 0 Å². The molecule has 0 heteroatoms. The SMILES string of the molecule is C.C/C=C/Cc1ccccc1.Cc1ccccc1.Cc1ccccc1. The summed E-state index contributed by atoms with van der Waals surface area (Å²) in [6, 6.07) is 31.0. The second kappa shape index (κ2) is 15.0. The molecule has 0 aliphatic heterocycles. The van der Waals surface area contributed by atoms with Crippen molar-refractivity contribution in [1.82, 2.24) is 0 Å². The molecule has 0 aromatic heterocycles. The van der Waals surface area contributed by atoms with Gasteiger partial charge in [-0.25, -0.2) is 0 Å². The van der Waals surface area contributed by atoms with Crippen molar-refractivity contribution in [2.45, 2.75) is 34.6 Å². The van der Waals surface area contributed by atoms with Crippen molar-refractivity contribution in [3.8, 4) is 0 Å². The Morgan fingerprint density at radius 2 is 0.960 bits per heavy atom. The minimum Gasteiger partial charge on any atom is -0.0913 e. The molecule has 0 fully saturated rings. The molecule has 3 aromatic carbocycles. The lowest BCUT2D eigenvalue weighted by Crippen LogP contribution is -1.76. The molecule has 0 atom stereocenters. The van der Waals surface area contributed by atoms with Crippen LogP contribution in [0, 0.1) is 13.8 Å². The molecule has 0 saturated carbocycles. The van der Waals surface area contributed by atoms with Gasteiger partial charge in [0.15, 0.2) is 0 Å². The highest BCUT2D eigenvalue weighted by molar-refractivity contribution is 5.17. The maximum Gasteiger partial charge on any atom is -0.00976 e. The second-order valence-corrected chi connectivity index (χ2v) is 5.57. The standard InChI is InChI=1S/C10H12.2C7H8.CH4/c1-2-3-7-10-8-5-4-6-9-10;2*1-7-5-3-2-4-6-7;/h2-6,8-9H,7H2,1H3;2*2-6H,1H3;1H4/b3-2+;;;. The Balaban J connectivity index is 0.000000347. The van der Waals surface area contributed by atoms with Gasteiger partial charge in [0.25, 0.3) is 0 Å². The van der Waals surface area contributed by atoms with Crippen LogP contribution in [0.3, 0.4) is 0 Å². The van der Waals surface area contributed by atoms with E-state index in [9.17, 15) is 0 Å². The van der Waals surface area contributed by atoms with E-state index >= 15 is 0 Å². The van der Waals surface area contributed by atoms with Gasteiger partial charge in [-0.05, 0) is 32.8 Å². The number of benzene rings is 3. The Morgan fingerprint density at radius 3 is 1.24 bits per heavy atom. The molecule has 0 aliphatic rings. The molecule has 0 nitrogen and oxygen atoms in total. The first-order chi connectivity index (χ1) is 11.7. The lowest BCUT2D eigenvalue weighted by Gasteiger charge is -1.92. The molecule has 0 bridgehead atoms. The van der Waals surface area contributed by atoms with Gasteiger partial charge in [-0.15, -0.1) is 0 Å². The fourth-order valence-electron chi connectivity index (χ4n) is 1.94. The molecular weight excluding hydrogens is 300 g/mol. The summed E-state index contributed by atoms with van der Waals surface area (Å²) in [4.78, 5) is 0. The first kappa shape index (κ1) is 22.4. The van der Waals surface area contributed by atoms with Crippen molar-refractivity contribution in [2.24, 2.45) is 0 Å². The molecule has 0 spiro atoms. The van der Waals surface area contributed by atoms with Crippen molar-refractivity contribution >= 4 is 0 Å². The molecule has 0 unspecified atom stereocenters. The molecule has 3 aromatic rings. The molecule has 0 N–H and O–H groups in total. The maximum absolute atomic E-state index is 2.16. The van der Waals surface area contributed by atoms with Crippen LogP contribution in [0.25, 0.3) is 0 Å². The Bertz CT molecular complexity index is 615. The monoisotopic (exact) mass is 332 g/mol. The van der Waals surface area contributed by atoms with E-state index in [4.69, 9.17) is 0 Å². The van der Waals surface area contributed by atoms with Crippen molar-refractivity contribution in [3.05, 3.63) is 120 Å². The molecule has 0 radical (unpaired) electrons. The van der Waals surface area contributed by atoms with Gasteiger partial charge in [0.05, 0.1) is 0 Å². The van der Waals surface area contributed by atoms with Gasteiger partial charge in [0.2, 0.25) is 0 Å². The third kappa shape index (κ3) is 12.5. The molecule has 132 valence electrons. The average Bonchev–Trinajstić information content (AvgIpc) is 2.63. The van der Waals surface area contributed by atoms with Crippen LogP contribution in [0.2, 0.25) is 0 Å². The summed E-state index contributed by atoms with van der Waals surface area (Å²) >= 11 is 0. The normalized spacial score (nSPS) is 9.08. The third-order valence-corrected chi connectivity index (χ3v) is 3.31. The highest BCUT2D eigenvalue weighted by Gasteiger charge is 1.83. The van der Waals surface area contributed by atoms with Crippen LogP contribution in [0.5, 0.6) is 0 Å². The summed E-state index contributed by atoms with van der Waals surface area (Å²) in [5.41, 5.74) is 4.02. The predicted octanol–water partition coefficient (Wildman–Crippen LogP) is 7.43. The lowest BCUT2D eigenvalue weighted by molar-refractivity contribution is 1.26. The van der Waals surface area contributed by atoms with Gasteiger partial charge in [0.1, 0.15) is 0 Å². The van der Waals surface area contributed by atoms with Crippen molar-refractivity contribution in [3.63, 3.8) is 0 Å². The Kier molecular flexibility index (Phi) is 13.4. The quantitative estimate of drug-likeness (QED) is 0.428. The molecule has 25 heavy (non-hydrogen) atoms. The fourth-order valence-corrected chi connectivity index (χ4v) is 1.94. The van der Waals surface area contributed by atoms with Crippen LogP contribution in [0.1, 0.15) is 31.0 Å². The van der Waals surface area contributed by atoms with Gasteiger partial charge in [0, 0.05) is 0 Å². The Labute approximate surface area is 154 Å². The minimum atomic E-state index is 0. The van der Waals surface area contributed by atoms with E-state index < -0.39 is 0 Å². The Morgan fingerprint density at radius 1 is 0.600 bits per heavy atom. The Hall–Kier alpha value is -2.60. The van der Waals surface area contributed by atoms with Crippen LogP contribution in [-0.4, -0.2) is 0 Å². The summed E-state index contributed by atoms with van der Waals surface area (Å²) < 4.78 is 0. The van der Waals surface area contributed by atoms with E-state index in [2.05, 4.69) is 74.5 Å². The van der Waals surface area contributed by atoms with Crippen LogP contribution in [0.15, 0.2) is 103 Å². The number of allylic oxidation sites excluding steroid dienone is 2. The topological polar surface area (TPSA) is 0 Å². The molecule has 0 aliphatic carbocycles. The van der Waals surface area contributed by atoms with Gasteiger partial charge in [-0.3, -0.25) is 0 Å². The van der Waals surface area contributed by atoms with E-state index in [0.29, 0.717) is 0 Å². The molecule has 3 rings (SSSR count). The lowest BCUT2D eigenvalue weighted by atomic mass is 10.1.